The van der Waals surface area contributed by atoms with Crippen LogP contribution in [0, 0.1) is 0 Å². The van der Waals surface area contributed by atoms with E-state index in [4.69, 9.17) is 4.74 Å². The summed E-state index contributed by atoms with van der Waals surface area (Å²) in [6, 6.07) is 12.7. The number of benzene rings is 1. The second kappa shape index (κ2) is 6.58. The van der Waals surface area contributed by atoms with E-state index in [2.05, 4.69) is 47.1 Å². The van der Waals surface area contributed by atoms with Gasteiger partial charge < -0.3 is 10.1 Å². The molecule has 25 heavy (non-hydrogen) atoms. The molecule has 3 nitrogen and oxygen atoms in total. The van der Waals surface area contributed by atoms with Crippen LogP contribution in [-0.2, 0) is 27.8 Å². The first-order valence-corrected chi connectivity index (χ1v) is 10.00. The molecule has 1 aromatic carbocycles. The maximum atomic E-state index is 13.2. The van der Waals surface area contributed by atoms with E-state index < -0.39 is 0 Å². The van der Waals surface area contributed by atoms with Crippen molar-refractivity contribution in [1.29, 1.82) is 0 Å². The Morgan fingerprint density at radius 2 is 1.80 bits per heavy atom. The summed E-state index contributed by atoms with van der Waals surface area (Å²) in [6.07, 6.45) is 5.91. The molecule has 0 aliphatic heterocycles. The van der Waals surface area contributed by atoms with Crippen molar-refractivity contribution < 1.29 is 9.53 Å². The van der Waals surface area contributed by atoms with Crippen molar-refractivity contribution in [2.45, 2.75) is 49.5 Å². The molecular weight excluding hydrogens is 330 g/mol. The molecule has 0 bridgehead atoms. The molecule has 0 radical (unpaired) electrons. The van der Waals surface area contributed by atoms with Crippen molar-refractivity contribution in [3.05, 3.63) is 57.8 Å². The zero-order valence-electron chi connectivity index (χ0n) is 14.7. The van der Waals surface area contributed by atoms with Gasteiger partial charge >= 0.3 is 0 Å². The number of nitrogens with one attached hydrogen (secondary N) is 1. The van der Waals surface area contributed by atoms with Gasteiger partial charge in [-0.2, -0.15) is 0 Å². The van der Waals surface area contributed by atoms with E-state index in [-0.39, 0.29) is 16.9 Å². The van der Waals surface area contributed by atoms with E-state index in [9.17, 15) is 4.79 Å². The van der Waals surface area contributed by atoms with Crippen LogP contribution >= 0.6 is 11.3 Å². The van der Waals surface area contributed by atoms with Gasteiger partial charge in [0.15, 0.2) is 0 Å². The maximum Gasteiger partial charge on any atom is 0.231 e. The van der Waals surface area contributed by atoms with Crippen LogP contribution in [0.3, 0.4) is 0 Å². The Bertz CT molecular complexity index is 722. The van der Waals surface area contributed by atoms with E-state index in [0.29, 0.717) is 6.54 Å². The second-order valence-electron chi connectivity index (χ2n) is 7.46. The number of amides is 1. The minimum atomic E-state index is -0.325. The Morgan fingerprint density at radius 1 is 1.12 bits per heavy atom. The summed E-state index contributed by atoms with van der Waals surface area (Å²) in [7, 11) is 1.77. The lowest BCUT2D eigenvalue weighted by molar-refractivity contribution is -0.128. The fraction of sp³-hybridized carbons (Fsp3) is 0.476. The van der Waals surface area contributed by atoms with Crippen LogP contribution in [0.15, 0.2) is 41.8 Å². The van der Waals surface area contributed by atoms with Gasteiger partial charge in [-0.3, -0.25) is 4.79 Å². The van der Waals surface area contributed by atoms with Crippen LogP contribution in [0.4, 0.5) is 0 Å². The van der Waals surface area contributed by atoms with Crippen molar-refractivity contribution in [2.75, 3.05) is 13.7 Å². The fourth-order valence-electron chi connectivity index (χ4n) is 4.53. The highest BCUT2D eigenvalue weighted by Crippen LogP contribution is 2.43. The van der Waals surface area contributed by atoms with Crippen LogP contribution < -0.4 is 5.32 Å². The molecule has 1 fully saturated rings. The summed E-state index contributed by atoms with van der Waals surface area (Å²) >= 11 is 1.71. The number of thiophene rings is 1. The van der Waals surface area contributed by atoms with Crippen molar-refractivity contribution in [1.82, 2.24) is 5.32 Å². The van der Waals surface area contributed by atoms with Gasteiger partial charge in [-0.15, -0.1) is 11.3 Å². The van der Waals surface area contributed by atoms with Gasteiger partial charge in [0.25, 0.3) is 0 Å². The number of hydrogen-bond donors (Lipinski definition) is 1. The van der Waals surface area contributed by atoms with Gasteiger partial charge in [-0.25, -0.2) is 0 Å². The number of rotatable bonds is 5. The molecule has 2 aliphatic carbocycles. The normalized spacial score (nSPS) is 20.4. The van der Waals surface area contributed by atoms with E-state index >= 15 is 0 Å². The van der Waals surface area contributed by atoms with Gasteiger partial charge in [0.2, 0.25) is 5.91 Å². The van der Waals surface area contributed by atoms with Crippen molar-refractivity contribution >= 4 is 17.2 Å². The van der Waals surface area contributed by atoms with Crippen molar-refractivity contribution in [2.24, 2.45) is 0 Å². The van der Waals surface area contributed by atoms with Crippen molar-refractivity contribution in [3.8, 4) is 0 Å². The Kier molecular flexibility index (Phi) is 4.42. The molecule has 2 aliphatic rings. The molecule has 0 saturated heterocycles. The molecule has 0 spiro atoms. The van der Waals surface area contributed by atoms with Gasteiger partial charge in [0, 0.05) is 31.4 Å². The SMILES string of the molecule is COC1(CNC(=O)C2(c3cccs3)CCCC2)Cc2ccccc2C1. The summed E-state index contributed by atoms with van der Waals surface area (Å²) in [5.74, 6) is 0.180. The minimum absolute atomic E-state index is 0.180. The Labute approximate surface area is 153 Å². The summed E-state index contributed by atoms with van der Waals surface area (Å²) in [6.45, 7) is 0.574. The molecule has 2 aromatic rings. The third-order valence-corrected chi connectivity index (χ3v) is 7.11. The highest BCUT2D eigenvalue weighted by Gasteiger charge is 2.45. The van der Waals surface area contributed by atoms with Crippen molar-refractivity contribution in [3.63, 3.8) is 0 Å². The molecule has 132 valence electrons. The summed E-state index contributed by atoms with van der Waals surface area (Å²) < 4.78 is 5.91. The molecule has 4 heteroatoms. The third kappa shape index (κ3) is 2.91. The van der Waals surface area contributed by atoms with E-state index in [1.807, 2.05) is 0 Å². The fourth-order valence-corrected chi connectivity index (χ4v) is 5.51. The monoisotopic (exact) mass is 355 g/mol. The molecular formula is C21H25NO2S. The number of ether oxygens (including phenoxy) is 1. The van der Waals surface area contributed by atoms with Crippen LogP contribution in [-0.4, -0.2) is 25.2 Å². The molecule has 1 N–H and O–H groups in total. The first-order chi connectivity index (χ1) is 12.2. The first-order valence-electron chi connectivity index (χ1n) is 9.12. The van der Waals surface area contributed by atoms with Gasteiger partial charge in [0.1, 0.15) is 0 Å². The summed E-state index contributed by atoms with van der Waals surface area (Å²) in [4.78, 5) is 14.4. The maximum absolute atomic E-state index is 13.2. The summed E-state index contributed by atoms with van der Waals surface area (Å²) in [5, 5.41) is 5.34. The average molecular weight is 356 g/mol. The summed E-state index contributed by atoms with van der Waals surface area (Å²) in [5.41, 5.74) is 2.04. The Morgan fingerprint density at radius 3 is 2.36 bits per heavy atom. The zero-order chi connectivity index (χ0) is 17.3. The highest BCUT2D eigenvalue weighted by atomic mass is 32.1. The Hall–Kier alpha value is -1.65. The largest absolute Gasteiger partial charge is 0.376 e. The molecule has 0 atom stereocenters. The molecule has 1 amide bonds. The molecule has 4 rings (SSSR count). The van der Waals surface area contributed by atoms with Gasteiger partial charge in [-0.1, -0.05) is 43.2 Å². The second-order valence-corrected chi connectivity index (χ2v) is 8.41. The zero-order valence-corrected chi connectivity index (χ0v) is 15.5. The topological polar surface area (TPSA) is 38.3 Å². The smallest absolute Gasteiger partial charge is 0.231 e. The first kappa shape index (κ1) is 16.8. The molecule has 0 unspecified atom stereocenters. The third-order valence-electron chi connectivity index (χ3n) is 6.03. The molecule has 1 heterocycles. The lowest BCUT2D eigenvalue weighted by Gasteiger charge is -2.32. The van der Waals surface area contributed by atoms with E-state index in [1.54, 1.807) is 18.4 Å². The molecule has 1 saturated carbocycles. The number of hydrogen-bond acceptors (Lipinski definition) is 3. The van der Waals surface area contributed by atoms with E-state index in [1.165, 1.54) is 16.0 Å². The predicted molar refractivity (Wildman–Crippen MR) is 101 cm³/mol. The Balaban J connectivity index is 1.50. The lowest BCUT2D eigenvalue weighted by atomic mass is 9.83. The van der Waals surface area contributed by atoms with Crippen LogP contribution in [0.25, 0.3) is 0 Å². The minimum Gasteiger partial charge on any atom is -0.376 e. The van der Waals surface area contributed by atoms with Crippen LogP contribution in [0.1, 0.15) is 41.7 Å². The lowest BCUT2D eigenvalue weighted by Crippen LogP contribution is -2.50. The molecule has 1 aromatic heterocycles. The average Bonchev–Trinajstić information content (AvgIpc) is 3.38. The van der Waals surface area contributed by atoms with Crippen LogP contribution in [0.5, 0.6) is 0 Å². The number of carbonyl (C=O) groups is 1. The number of fused-ring (bicyclic) bond motifs is 1. The highest BCUT2D eigenvalue weighted by molar-refractivity contribution is 7.10. The standard InChI is InChI=1S/C21H25NO2S/c1-24-20(13-16-7-2-3-8-17(16)14-20)15-22-19(23)21(10-4-5-11-21)18-9-6-12-25-18/h2-3,6-9,12H,4-5,10-11,13-15H2,1H3,(H,22,23). The quantitative estimate of drug-likeness (QED) is 0.884. The number of methoxy groups -OCH3 is 1. The van der Waals surface area contributed by atoms with Gasteiger partial charge in [0.05, 0.1) is 11.0 Å². The van der Waals surface area contributed by atoms with E-state index in [0.717, 1.165) is 38.5 Å². The van der Waals surface area contributed by atoms with Crippen LogP contribution in [0.2, 0.25) is 0 Å². The van der Waals surface area contributed by atoms with Gasteiger partial charge in [-0.05, 0) is 35.4 Å². The number of carbonyl (C=O) groups excluding carboxylic acids is 1. The predicted octanol–water partition coefficient (Wildman–Crippen LogP) is 3.86.